The van der Waals surface area contributed by atoms with Crippen molar-refractivity contribution in [3.8, 4) is 12.3 Å². The summed E-state index contributed by atoms with van der Waals surface area (Å²) in [5.41, 5.74) is -1.80. The van der Waals surface area contributed by atoms with Crippen molar-refractivity contribution in [3.63, 3.8) is 0 Å². The normalized spacial score (nSPS) is 26.6. The number of benzene rings is 2. The van der Waals surface area contributed by atoms with Crippen molar-refractivity contribution in [1.82, 2.24) is 0 Å². The van der Waals surface area contributed by atoms with Crippen LogP contribution in [0.1, 0.15) is 36.0 Å². The average molecular weight is 498 g/mol. The average Bonchev–Trinajstić information content (AvgIpc) is 3.05. The van der Waals surface area contributed by atoms with E-state index >= 15 is 0 Å². The fourth-order valence-corrected chi connectivity index (χ4v) is 7.84. The quantitative estimate of drug-likeness (QED) is 0.486. The molecule has 2 aromatic carbocycles. The van der Waals surface area contributed by atoms with Crippen molar-refractivity contribution in [3.05, 3.63) is 58.4 Å². The highest BCUT2D eigenvalue weighted by Crippen LogP contribution is 2.51. The molecule has 2 fully saturated rings. The number of nitrogens with one attached hydrogen (secondary N) is 1. The topological polar surface area (TPSA) is 83.5 Å². The van der Waals surface area contributed by atoms with Crippen LogP contribution in [0.25, 0.3) is 0 Å². The molecule has 5 nitrogen and oxygen atoms in total. The second kappa shape index (κ2) is 8.35. The summed E-state index contributed by atoms with van der Waals surface area (Å²) in [4.78, 5) is 12.4. The standard InChI is InChI=1S/C23H19ClF3NO4S/c1-2-23(30)10-13-3-4-14(11-23)21(13)33(31,32)19-7-12(5-6-16(19)24)22(29)28-15-8-17(25)20(27)18(26)9-15/h1,5-9,13-14,21,30H,3-4,10-11H2,(H,28,29)/t13-,14?,21?,23-/m0/s1. The lowest BCUT2D eigenvalue weighted by Crippen LogP contribution is -2.45. The van der Waals surface area contributed by atoms with E-state index in [1.54, 1.807) is 0 Å². The second-order valence-corrected chi connectivity index (χ2v) is 11.0. The van der Waals surface area contributed by atoms with Crippen LogP contribution in [0.4, 0.5) is 18.9 Å². The summed E-state index contributed by atoms with van der Waals surface area (Å²) in [6.45, 7) is 0. The first kappa shape index (κ1) is 23.6. The molecule has 4 rings (SSSR count). The molecule has 2 N–H and O–H groups in total. The molecule has 2 aliphatic carbocycles. The van der Waals surface area contributed by atoms with Crippen molar-refractivity contribution in [2.45, 2.75) is 41.4 Å². The van der Waals surface area contributed by atoms with E-state index in [1.165, 1.54) is 12.1 Å². The molecule has 0 saturated heterocycles. The monoisotopic (exact) mass is 497 g/mol. The zero-order valence-electron chi connectivity index (χ0n) is 17.1. The van der Waals surface area contributed by atoms with E-state index in [2.05, 4.69) is 11.2 Å². The second-order valence-electron chi connectivity index (χ2n) is 8.54. The summed E-state index contributed by atoms with van der Waals surface area (Å²) >= 11 is 6.19. The molecule has 174 valence electrons. The van der Waals surface area contributed by atoms with Crippen LogP contribution in [0.3, 0.4) is 0 Å². The summed E-state index contributed by atoms with van der Waals surface area (Å²) in [5.74, 6) is -3.84. The van der Waals surface area contributed by atoms with Gasteiger partial charge in [-0.25, -0.2) is 21.6 Å². The van der Waals surface area contributed by atoms with E-state index in [-0.39, 0.29) is 45.8 Å². The van der Waals surface area contributed by atoms with Crippen molar-refractivity contribution >= 4 is 33.0 Å². The highest BCUT2D eigenvalue weighted by Gasteiger charge is 2.54. The van der Waals surface area contributed by atoms with Gasteiger partial charge in [0.2, 0.25) is 0 Å². The minimum atomic E-state index is -4.00. The van der Waals surface area contributed by atoms with Gasteiger partial charge < -0.3 is 10.4 Å². The van der Waals surface area contributed by atoms with Gasteiger partial charge in [-0.15, -0.1) is 6.42 Å². The lowest BCUT2D eigenvalue weighted by atomic mass is 9.78. The number of halogens is 4. The third kappa shape index (κ3) is 4.23. The summed E-state index contributed by atoms with van der Waals surface area (Å²) in [6, 6.07) is 4.83. The Morgan fingerprint density at radius 2 is 1.70 bits per heavy atom. The number of amides is 1. The summed E-state index contributed by atoms with van der Waals surface area (Å²) in [5, 5.41) is 11.8. The molecule has 1 amide bonds. The molecule has 2 saturated carbocycles. The van der Waals surface area contributed by atoms with Gasteiger partial charge >= 0.3 is 0 Å². The molecule has 0 aromatic heterocycles. The number of fused-ring (bicyclic) bond motifs is 2. The van der Waals surface area contributed by atoms with Crippen LogP contribution in [0.15, 0.2) is 35.2 Å². The smallest absolute Gasteiger partial charge is 0.255 e. The predicted molar refractivity (Wildman–Crippen MR) is 116 cm³/mol. The number of anilines is 1. The molecule has 0 heterocycles. The van der Waals surface area contributed by atoms with E-state index in [4.69, 9.17) is 18.0 Å². The molecule has 33 heavy (non-hydrogen) atoms. The van der Waals surface area contributed by atoms with Gasteiger partial charge in [0, 0.05) is 23.4 Å². The third-order valence-corrected chi connectivity index (χ3v) is 9.28. The van der Waals surface area contributed by atoms with Crippen LogP contribution >= 0.6 is 11.6 Å². The Kier molecular flexibility index (Phi) is 5.97. The molecular weight excluding hydrogens is 479 g/mol. The van der Waals surface area contributed by atoms with E-state index in [9.17, 15) is 31.5 Å². The summed E-state index contributed by atoms with van der Waals surface area (Å²) < 4.78 is 67.1. The Bertz CT molecular complexity index is 1250. The van der Waals surface area contributed by atoms with E-state index < -0.39 is 44.0 Å². The number of hydrogen-bond donors (Lipinski definition) is 2. The number of hydrogen-bond acceptors (Lipinski definition) is 4. The zero-order chi connectivity index (χ0) is 24.1. The van der Waals surface area contributed by atoms with Crippen LogP contribution in [0.5, 0.6) is 0 Å². The zero-order valence-corrected chi connectivity index (χ0v) is 18.7. The highest BCUT2D eigenvalue weighted by molar-refractivity contribution is 7.92. The first-order valence-electron chi connectivity index (χ1n) is 10.1. The van der Waals surface area contributed by atoms with Gasteiger partial charge in [-0.2, -0.15) is 0 Å². The van der Waals surface area contributed by atoms with Gasteiger partial charge in [0.25, 0.3) is 5.91 Å². The molecule has 10 heteroatoms. The van der Waals surface area contributed by atoms with E-state index in [0.717, 1.165) is 6.07 Å². The highest BCUT2D eigenvalue weighted by atomic mass is 35.5. The Morgan fingerprint density at radius 1 is 1.12 bits per heavy atom. The predicted octanol–water partition coefficient (Wildman–Crippen LogP) is 4.34. The Morgan fingerprint density at radius 3 is 2.24 bits per heavy atom. The van der Waals surface area contributed by atoms with Crippen LogP contribution in [0.2, 0.25) is 5.02 Å². The van der Waals surface area contributed by atoms with Crippen LogP contribution in [-0.4, -0.2) is 30.3 Å². The maximum atomic E-state index is 13.5. The third-order valence-electron chi connectivity index (χ3n) is 6.41. The minimum absolute atomic E-state index is 0.0809. The van der Waals surface area contributed by atoms with Gasteiger partial charge in [-0.1, -0.05) is 17.5 Å². The summed E-state index contributed by atoms with van der Waals surface area (Å²) in [6.07, 6.45) is 6.94. The van der Waals surface area contributed by atoms with Crippen LogP contribution < -0.4 is 5.32 Å². The fraction of sp³-hybridized carbons (Fsp3) is 0.348. The number of aliphatic hydroxyl groups is 1. The number of carbonyl (C=O) groups excluding carboxylic acids is 1. The molecule has 2 unspecified atom stereocenters. The van der Waals surface area contributed by atoms with Gasteiger partial charge in [0.15, 0.2) is 27.3 Å². The van der Waals surface area contributed by atoms with Gasteiger partial charge in [0.1, 0.15) is 5.60 Å². The van der Waals surface area contributed by atoms with Crippen molar-refractivity contribution in [2.75, 3.05) is 5.32 Å². The number of terminal acetylenes is 1. The molecule has 4 atom stereocenters. The van der Waals surface area contributed by atoms with Gasteiger partial charge in [0.05, 0.1) is 15.2 Å². The molecular formula is C23H19ClF3NO4S. The number of carbonyl (C=O) groups is 1. The lowest BCUT2D eigenvalue weighted by molar-refractivity contribution is 0.0342. The van der Waals surface area contributed by atoms with Crippen molar-refractivity contribution < 1.29 is 31.5 Å². The SMILES string of the molecule is C#C[C@@]1(O)CC2CC[C@@H](C1)C2S(=O)(=O)c1cc(C(=O)Nc2cc(F)c(F)c(F)c2)ccc1Cl. The molecule has 0 spiro atoms. The van der Waals surface area contributed by atoms with Crippen LogP contribution in [-0.2, 0) is 9.84 Å². The van der Waals surface area contributed by atoms with Crippen molar-refractivity contribution in [1.29, 1.82) is 0 Å². The van der Waals surface area contributed by atoms with Gasteiger partial charge in [-0.3, -0.25) is 4.79 Å². The fourth-order valence-electron chi connectivity index (χ4n) is 4.99. The molecule has 2 bridgehead atoms. The van der Waals surface area contributed by atoms with Crippen LogP contribution in [0, 0.1) is 41.6 Å². The molecule has 0 radical (unpaired) electrons. The van der Waals surface area contributed by atoms with E-state index in [0.29, 0.717) is 25.0 Å². The molecule has 2 aromatic rings. The minimum Gasteiger partial charge on any atom is -0.378 e. The van der Waals surface area contributed by atoms with E-state index in [1.807, 2.05) is 0 Å². The van der Waals surface area contributed by atoms with Gasteiger partial charge in [-0.05, 0) is 55.7 Å². The molecule has 0 aliphatic heterocycles. The Labute approximate surface area is 193 Å². The number of rotatable bonds is 4. The Balaban J connectivity index is 1.64. The van der Waals surface area contributed by atoms with Crippen molar-refractivity contribution in [2.24, 2.45) is 11.8 Å². The maximum Gasteiger partial charge on any atom is 0.255 e. The first-order chi connectivity index (χ1) is 15.4. The first-order valence-corrected chi connectivity index (χ1v) is 12.1. The lowest BCUT2D eigenvalue weighted by Gasteiger charge is -2.38. The summed E-state index contributed by atoms with van der Waals surface area (Å²) in [7, 11) is -4.00. The number of sulfone groups is 1. The maximum absolute atomic E-state index is 13.5. The molecule has 2 aliphatic rings. The largest absolute Gasteiger partial charge is 0.378 e. The Hall–Kier alpha value is -2.54.